The van der Waals surface area contributed by atoms with Crippen LogP contribution in [0.5, 0.6) is 0 Å². The first-order chi connectivity index (χ1) is 18.3. The summed E-state index contributed by atoms with van der Waals surface area (Å²) in [6.45, 7) is -0.0472. The van der Waals surface area contributed by atoms with Crippen molar-refractivity contribution >= 4 is 23.2 Å². The summed E-state index contributed by atoms with van der Waals surface area (Å²) in [7, 11) is 0. The van der Waals surface area contributed by atoms with Crippen LogP contribution < -0.4 is 4.90 Å². The lowest BCUT2D eigenvalue weighted by molar-refractivity contribution is -0.132. The number of furan rings is 1. The van der Waals surface area contributed by atoms with Crippen molar-refractivity contribution in [2.75, 3.05) is 18.1 Å². The largest absolute Gasteiger partial charge is 0.467 e. The Morgan fingerprint density at radius 3 is 2.63 bits per heavy atom. The molecular formula is C26H28F2N2O8. The quantitative estimate of drug-likeness (QED) is 0.344. The van der Waals surface area contributed by atoms with Crippen LogP contribution in [0.3, 0.4) is 0 Å². The molecule has 38 heavy (non-hydrogen) atoms. The summed E-state index contributed by atoms with van der Waals surface area (Å²) < 4.78 is 38.4. The fraction of sp³-hybridized carbons (Fsp3) is 0.500. The van der Waals surface area contributed by atoms with Gasteiger partial charge in [-0.05, 0) is 37.1 Å². The zero-order chi connectivity index (χ0) is 27.0. The number of aliphatic hydroxyl groups excluding tert-OH is 3. The number of nitrogens with zero attached hydrogens (tertiary/aromatic N) is 2. The Hall–Kier alpha value is -3.19. The molecule has 0 unspecified atom stereocenters. The smallest absolute Gasteiger partial charge is 0.238 e. The molecule has 1 aliphatic heterocycles. The third-order valence-corrected chi connectivity index (χ3v) is 7.51. The molecular weight excluding hydrogens is 506 g/mol. The predicted molar refractivity (Wildman–Crippen MR) is 126 cm³/mol. The number of anilines is 1. The molecule has 2 aromatic rings. The zero-order valence-electron chi connectivity index (χ0n) is 20.3. The highest BCUT2D eigenvalue weighted by molar-refractivity contribution is 6.22. The van der Waals surface area contributed by atoms with E-state index in [0.717, 1.165) is 12.1 Å². The van der Waals surface area contributed by atoms with E-state index in [1.54, 1.807) is 12.1 Å². The molecule has 2 heterocycles. The number of benzene rings is 1. The number of imide groups is 1. The molecule has 2 aliphatic carbocycles. The first-order valence-corrected chi connectivity index (χ1v) is 12.4. The molecule has 1 saturated heterocycles. The fourth-order valence-electron chi connectivity index (χ4n) is 5.82. The molecule has 3 fully saturated rings. The molecule has 0 bridgehead atoms. The number of halogens is 2. The van der Waals surface area contributed by atoms with Gasteiger partial charge in [-0.15, -0.1) is 0 Å². The van der Waals surface area contributed by atoms with Gasteiger partial charge < -0.3 is 29.3 Å². The van der Waals surface area contributed by atoms with Crippen molar-refractivity contribution in [2.45, 2.75) is 44.2 Å². The van der Waals surface area contributed by atoms with Crippen molar-refractivity contribution in [3.05, 3.63) is 54.0 Å². The molecule has 1 aromatic carbocycles. The van der Waals surface area contributed by atoms with Gasteiger partial charge in [-0.2, -0.15) is 0 Å². The van der Waals surface area contributed by atoms with Crippen LogP contribution in [0.1, 0.15) is 25.0 Å². The lowest BCUT2D eigenvalue weighted by Gasteiger charge is -2.45. The molecule has 3 N–H and O–H groups in total. The highest BCUT2D eigenvalue weighted by Crippen LogP contribution is 2.50. The second-order valence-corrected chi connectivity index (χ2v) is 9.89. The molecule has 1 aromatic heterocycles. The molecule has 12 heteroatoms. The summed E-state index contributed by atoms with van der Waals surface area (Å²) in [5.74, 6) is -5.78. The van der Waals surface area contributed by atoms with Crippen LogP contribution in [0.2, 0.25) is 0 Å². The standard InChI is InChI=1S/C26H28F2N2O8/c27-13-3-6-20(18(28)8-13)30-25(34)17-5-4-16-19(9-21(32)24(33)22(16)23(17)26(30)35)29-38-11-14(31)10-36-12-15-2-1-7-37-15/h1-3,6-8,14,16-17,21-24,31-33H,4-5,9-12H2/b29-19+/t14-,16+,17+,21+,22-,23+,24+/m0/s1. The first kappa shape index (κ1) is 26.4. The van der Waals surface area contributed by atoms with Crippen LogP contribution in [0, 0.1) is 35.3 Å². The van der Waals surface area contributed by atoms with Gasteiger partial charge >= 0.3 is 0 Å². The van der Waals surface area contributed by atoms with Gasteiger partial charge in [0.15, 0.2) is 0 Å². The van der Waals surface area contributed by atoms with E-state index < -0.39 is 65.4 Å². The number of aliphatic hydroxyl groups is 3. The molecule has 0 radical (unpaired) electrons. The maximum Gasteiger partial charge on any atom is 0.238 e. The Bertz CT molecular complexity index is 1210. The third-order valence-electron chi connectivity index (χ3n) is 7.51. The molecule has 2 saturated carbocycles. The zero-order valence-corrected chi connectivity index (χ0v) is 20.3. The van der Waals surface area contributed by atoms with Crippen molar-refractivity contribution in [3.63, 3.8) is 0 Å². The number of carbonyl (C=O) groups is 2. The van der Waals surface area contributed by atoms with Crippen molar-refractivity contribution in [1.82, 2.24) is 0 Å². The summed E-state index contributed by atoms with van der Waals surface area (Å²) in [5, 5.41) is 35.6. The van der Waals surface area contributed by atoms with E-state index in [9.17, 15) is 33.7 Å². The number of fused-ring (bicyclic) bond motifs is 3. The Kier molecular flexibility index (Phi) is 7.57. The minimum absolute atomic E-state index is 0.0107. The lowest BCUT2D eigenvalue weighted by Crippen LogP contribution is -2.54. The van der Waals surface area contributed by atoms with Crippen molar-refractivity contribution in [2.24, 2.45) is 28.8 Å². The molecule has 10 nitrogen and oxygen atoms in total. The predicted octanol–water partition coefficient (Wildman–Crippen LogP) is 1.77. The molecule has 5 rings (SSSR count). The first-order valence-electron chi connectivity index (χ1n) is 12.4. The number of hydrogen-bond donors (Lipinski definition) is 3. The van der Waals surface area contributed by atoms with Gasteiger partial charge in [-0.25, -0.2) is 13.7 Å². The van der Waals surface area contributed by atoms with E-state index in [1.165, 1.54) is 6.26 Å². The maximum atomic E-state index is 14.5. The topological polar surface area (TPSA) is 142 Å². The maximum absolute atomic E-state index is 14.5. The van der Waals surface area contributed by atoms with Gasteiger partial charge in [-0.1, -0.05) is 5.16 Å². The van der Waals surface area contributed by atoms with E-state index in [4.69, 9.17) is 14.0 Å². The number of hydrogen-bond acceptors (Lipinski definition) is 9. The van der Waals surface area contributed by atoms with Crippen LogP contribution in [-0.2, 0) is 25.8 Å². The average Bonchev–Trinajstić information content (AvgIpc) is 3.49. The molecule has 7 atom stereocenters. The minimum Gasteiger partial charge on any atom is -0.467 e. The number of rotatable bonds is 8. The van der Waals surface area contributed by atoms with Crippen LogP contribution >= 0.6 is 0 Å². The van der Waals surface area contributed by atoms with E-state index in [0.29, 0.717) is 28.9 Å². The summed E-state index contributed by atoms with van der Waals surface area (Å²) >= 11 is 0. The second-order valence-electron chi connectivity index (χ2n) is 9.89. The summed E-state index contributed by atoms with van der Waals surface area (Å²) in [4.78, 5) is 32.6. The van der Waals surface area contributed by atoms with Gasteiger partial charge in [0.2, 0.25) is 11.8 Å². The minimum atomic E-state index is -1.32. The number of carbonyl (C=O) groups excluding carboxylic acids is 2. The van der Waals surface area contributed by atoms with Gasteiger partial charge in [0.05, 0.1) is 48.3 Å². The SMILES string of the molecule is O=C1[C@H]2[C@H]3[C@H](O)[C@H](O)C/C(=N\OC[C@@H](O)COCc4ccco4)[C@H]3CC[C@H]2C(=O)N1c1ccc(F)cc1F. The van der Waals surface area contributed by atoms with Crippen LogP contribution in [-0.4, -0.2) is 64.4 Å². The van der Waals surface area contributed by atoms with E-state index in [1.807, 2.05) is 0 Å². The Morgan fingerprint density at radius 2 is 1.89 bits per heavy atom. The van der Waals surface area contributed by atoms with Gasteiger partial charge in [0.1, 0.15) is 36.7 Å². The second kappa shape index (κ2) is 10.9. The fourth-order valence-corrected chi connectivity index (χ4v) is 5.82. The van der Waals surface area contributed by atoms with E-state index in [-0.39, 0.29) is 38.3 Å². The normalized spacial score (nSPS) is 30.9. The number of amides is 2. The number of ether oxygens (including phenoxy) is 1. The highest BCUT2D eigenvalue weighted by Gasteiger charge is 2.60. The highest BCUT2D eigenvalue weighted by atomic mass is 19.1. The van der Waals surface area contributed by atoms with Crippen molar-refractivity contribution in [3.8, 4) is 0 Å². The van der Waals surface area contributed by atoms with Gasteiger partial charge in [0.25, 0.3) is 0 Å². The third kappa shape index (κ3) is 4.96. The van der Waals surface area contributed by atoms with E-state index >= 15 is 0 Å². The summed E-state index contributed by atoms with van der Waals surface area (Å²) in [6.07, 6.45) is -1.41. The average molecular weight is 535 g/mol. The lowest BCUT2D eigenvalue weighted by atomic mass is 9.60. The van der Waals surface area contributed by atoms with Crippen molar-refractivity contribution < 1.29 is 47.7 Å². The Balaban J connectivity index is 1.28. The Morgan fingerprint density at radius 1 is 1.11 bits per heavy atom. The molecule has 0 spiro atoms. The monoisotopic (exact) mass is 534 g/mol. The van der Waals surface area contributed by atoms with Crippen LogP contribution in [0.4, 0.5) is 14.5 Å². The summed E-state index contributed by atoms with van der Waals surface area (Å²) in [5.41, 5.74) is 0.0558. The van der Waals surface area contributed by atoms with E-state index in [2.05, 4.69) is 5.16 Å². The molecule has 2 amide bonds. The Labute approximate surface area is 216 Å². The summed E-state index contributed by atoms with van der Waals surface area (Å²) in [6, 6.07) is 6.05. The molecule has 204 valence electrons. The molecule has 3 aliphatic rings. The van der Waals surface area contributed by atoms with Crippen molar-refractivity contribution in [1.29, 1.82) is 0 Å². The van der Waals surface area contributed by atoms with Gasteiger partial charge in [0, 0.05) is 24.3 Å². The number of oxime groups is 1. The van der Waals surface area contributed by atoms with Gasteiger partial charge in [-0.3, -0.25) is 9.59 Å². The van der Waals surface area contributed by atoms with Crippen LogP contribution in [0.15, 0.2) is 46.2 Å². The van der Waals surface area contributed by atoms with Crippen LogP contribution in [0.25, 0.3) is 0 Å².